The molecule has 0 saturated carbocycles. The minimum atomic E-state index is 0.446. The van der Waals surface area contributed by atoms with E-state index in [9.17, 15) is 0 Å². The first-order valence-electron chi connectivity index (χ1n) is 5.45. The summed E-state index contributed by atoms with van der Waals surface area (Å²) < 4.78 is 5.34. The highest BCUT2D eigenvalue weighted by Gasteiger charge is 2.04. The molecule has 0 bridgehead atoms. The molecule has 92 valence electrons. The van der Waals surface area contributed by atoms with E-state index in [1.165, 1.54) is 0 Å². The van der Waals surface area contributed by atoms with Crippen LogP contribution in [0.15, 0.2) is 9.80 Å². The van der Waals surface area contributed by atoms with Gasteiger partial charge in [-0.15, -0.1) is 16.4 Å². The van der Waals surface area contributed by atoms with Gasteiger partial charge in [0.2, 0.25) is 5.89 Å². The van der Waals surface area contributed by atoms with E-state index in [2.05, 4.69) is 20.5 Å². The number of hydrogen-bond donors (Lipinski definition) is 2. The van der Waals surface area contributed by atoms with Crippen LogP contribution in [0.2, 0.25) is 0 Å². The maximum atomic E-state index is 5.39. The molecule has 2 aromatic rings. The van der Waals surface area contributed by atoms with Crippen LogP contribution in [0.1, 0.15) is 16.6 Å². The van der Waals surface area contributed by atoms with Crippen LogP contribution in [0.25, 0.3) is 0 Å². The highest BCUT2D eigenvalue weighted by atomic mass is 32.1. The van der Waals surface area contributed by atoms with Gasteiger partial charge in [0.15, 0.2) is 0 Å². The molecule has 0 aliphatic heterocycles. The third kappa shape index (κ3) is 3.50. The van der Waals surface area contributed by atoms with Crippen molar-refractivity contribution in [3.05, 3.63) is 22.0 Å². The van der Waals surface area contributed by atoms with Crippen molar-refractivity contribution in [1.82, 2.24) is 15.2 Å². The molecule has 0 atom stereocenters. The fourth-order valence-corrected chi connectivity index (χ4v) is 2.12. The Balaban J connectivity index is 1.77. The van der Waals surface area contributed by atoms with Gasteiger partial charge in [0.05, 0.1) is 5.01 Å². The topological polar surface area (TPSA) is 89.9 Å². The fraction of sp³-hybridized carbons (Fsp3) is 0.500. The van der Waals surface area contributed by atoms with Crippen molar-refractivity contribution in [3.8, 4) is 0 Å². The van der Waals surface area contributed by atoms with Crippen LogP contribution >= 0.6 is 11.3 Å². The minimum Gasteiger partial charge on any atom is -0.408 e. The molecule has 0 fully saturated rings. The van der Waals surface area contributed by atoms with E-state index in [4.69, 9.17) is 10.2 Å². The number of thiazole rings is 1. The van der Waals surface area contributed by atoms with Crippen molar-refractivity contribution in [3.63, 3.8) is 0 Å². The molecule has 3 N–H and O–H groups in total. The Morgan fingerprint density at radius 3 is 3.00 bits per heavy atom. The molecule has 0 aliphatic rings. The van der Waals surface area contributed by atoms with E-state index in [1.54, 1.807) is 11.3 Å². The van der Waals surface area contributed by atoms with E-state index in [0.717, 1.165) is 23.7 Å². The lowest BCUT2D eigenvalue weighted by Gasteiger charge is -1.97. The van der Waals surface area contributed by atoms with E-state index >= 15 is 0 Å². The standard InChI is InChI=1S/C10H15N5OS/c1-7-6-17-9(13-7)3-5-12-10-15-14-8(16-10)2-4-11/h6H,2-5,11H2,1H3,(H,12,15). The molecule has 17 heavy (non-hydrogen) atoms. The molecule has 0 amide bonds. The molecule has 0 saturated heterocycles. The Hall–Kier alpha value is -1.47. The summed E-state index contributed by atoms with van der Waals surface area (Å²) >= 11 is 1.66. The van der Waals surface area contributed by atoms with Gasteiger partial charge in [0, 0.05) is 37.0 Å². The summed E-state index contributed by atoms with van der Waals surface area (Å²) in [6, 6.07) is 0.446. The highest BCUT2D eigenvalue weighted by Crippen LogP contribution is 2.10. The summed E-state index contributed by atoms with van der Waals surface area (Å²) in [7, 11) is 0. The van der Waals surface area contributed by atoms with Crippen LogP contribution < -0.4 is 11.1 Å². The van der Waals surface area contributed by atoms with Crippen LogP contribution in [0.5, 0.6) is 0 Å². The van der Waals surface area contributed by atoms with Crippen LogP contribution in [-0.4, -0.2) is 28.3 Å². The van der Waals surface area contributed by atoms with Crippen molar-refractivity contribution >= 4 is 17.4 Å². The molecule has 6 nitrogen and oxygen atoms in total. The van der Waals surface area contributed by atoms with Gasteiger partial charge in [-0.05, 0) is 6.92 Å². The zero-order valence-electron chi connectivity index (χ0n) is 9.64. The maximum absolute atomic E-state index is 5.39. The first-order valence-corrected chi connectivity index (χ1v) is 6.33. The largest absolute Gasteiger partial charge is 0.408 e. The number of aryl methyl sites for hydroxylation is 1. The van der Waals surface area contributed by atoms with Crippen molar-refractivity contribution in [2.24, 2.45) is 5.73 Å². The van der Waals surface area contributed by atoms with Crippen LogP contribution in [-0.2, 0) is 12.8 Å². The van der Waals surface area contributed by atoms with Crippen molar-refractivity contribution in [1.29, 1.82) is 0 Å². The lowest BCUT2D eigenvalue weighted by molar-refractivity contribution is 0.506. The van der Waals surface area contributed by atoms with E-state index < -0.39 is 0 Å². The lowest BCUT2D eigenvalue weighted by atomic mass is 10.4. The average Bonchev–Trinajstić information content (AvgIpc) is 2.89. The van der Waals surface area contributed by atoms with Gasteiger partial charge in [-0.1, -0.05) is 5.10 Å². The molecule has 2 rings (SSSR count). The highest BCUT2D eigenvalue weighted by molar-refractivity contribution is 7.09. The second kappa shape index (κ2) is 5.74. The second-order valence-corrected chi connectivity index (χ2v) is 4.54. The second-order valence-electron chi connectivity index (χ2n) is 3.60. The minimum absolute atomic E-state index is 0.446. The Morgan fingerprint density at radius 2 is 2.29 bits per heavy atom. The van der Waals surface area contributed by atoms with Crippen LogP contribution in [0.3, 0.4) is 0 Å². The maximum Gasteiger partial charge on any atom is 0.315 e. The third-order valence-electron chi connectivity index (χ3n) is 2.11. The van der Waals surface area contributed by atoms with Gasteiger partial charge in [0.25, 0.3) is 0 Å². The molecule has 0 aromatic carbocycles. The van der Waals surface area contributed by atoms with Crippen LogP contribution in [0.4, 0.5) is 6.01 Å². The number of nitrogens with one attached hydrogen (secondary N) is 1. The molecule has 7 heteroatoms. The Kier molecular flexibility index (Phi) is 4.05. The van der Waals surface area contributed by atoms with Gasteiger partial charge in [0.1, 0.15) is 0 Å². The average molecular weight is 253 g/mol. The normalized spacial score (nSPS) is 10.7. The molecule has 0 unspecified atom stereocenters. The Bertz CT molecular complexity index is 467. The van der Waals surface area contributed by atoms with Crippen LogP contribution in [0, 0.1) is 6.92 Å². The Labute approximate surface area is 103 Å². The third-order valence-corrected chi connectivity index (χ3v) is 3.13. The predicted octanol–water partition coefficient (Wildman–Crippen LogP) is 0.990. The summed E-state index contributed by atoms with van der Waals surface area (Å²) in [6.07, 6.45) is 1.47. The predicted molar refractivity (Wildman–Crippen MR) is 66.1 cm³/mol. The number of hydrogen-bond acceptors (Lipinski definition) is 7. The summed E-state index contributed by atoms with van der Waals surface area (Å²) in [6.45, 7) is 3.24. The Morgan fingerprint density at radius 1 is 1.41 bits per heavy atom. The molecule has 2 aromatic heterocycles. The quantitative estimate of drug-likeness (QED) is 0.798. The molecular formula is C10H15N5OS. The number of nitrogens with two attached hydrogens (primary N) is 1. The van der Waals surface area contributed by atoms with Crippen molar-refractivity contribution in [2.75, 3.05) is 18.4 Å². The fourth-order valence-electron chi connectivity index (χ4n) is 1.34. The van der Waals surface area contributed by atoms with Crippen molar-refractivity contribution in [2.45, 2.75) is 19.8 Å². The zero-order chi connectivity index (χ0) is 12.1. The van der Waals surface area contributed by atoms with E-state index in [-0.39, 0.29) is 0 Å². The smallest absolute Gasteiger partial charge is 0.315 e. The summed E-state index contributed by atoms with van der Waals surface area (Å²) in [4.78, 5) is 4.37. The number of rotatable bonds is 6. The number of anilines is 1. The van der Waals surface area contributed by atoms with Crippen molar-refractivity contribution < 1.29 is 4.42 Å². The van der Waals surface area contributed by atoms with Gasteiger partial charge < -0.3 is 15.5 Å². The van der Waals surface area contributed by atoms with Gasteiger partial charge in [-0.25, -0.2) is 4.98 Å². The van der Waals surface area contributed by atoms with Gasteiger partial charge in [-0.2, -0.15) is 0 Å². The summed E-state index contributed by atoms with van der Waals surface area (Å²) in [5, 5.41) is 14.0. The molecule has 0 spiro atoms. The van der Waals surface area contributed by atoms with Gasteiger partial charge in [-0.3, -0.25) is 0 Å². The molecule has 2 heterocycles. The van der Waals surface area contributed by atoms with Gasteiger partial charge >= 0.3 is 6.01 Å². The summed E-state index contributed by atoms with van der Waals surface area (Å²) in [5.41, 5.74) is 6.46. The lowest BCUT2D eigenvalue weighted by Crippen LogP contribution is -2.05. The summed E-state index contributed by atoms with van der Waals surface area (Å²) in [5.74, 6) is 0.570. The van der Waals surface area contributed by atoms with E-state index in [0.29, 0.717) is 24.9 Å². The number of aromatic nitrogens is 3. The molecule has 0 radical (unpaired) electrons. The SMILES string of the molecule is Cc1csc(CCNc2nnc(CCN)o2)n1. The zero-order valence-corrected chi connectivity index (χ0v) is 10.5. The first kappa shape index (κ1) is 12.0. The number of nitrogens with zero attached hydrogens (tertiary/aromatic N) is 3. The van der Waals surface area contributed by atoms with E-state index in [1.807, 2.05) is 12.3 Å². The first-order chi connectivity index (χ1) is 8.28. The molecule has 0 aliphatic carbocycles. The molecular weight excluding hydrogens is 238 g/mol. The monoisotopic (exact) mass is 253 g/mol.